The first-order valence-corrected chi connectivity index (χ1v) is 7.88. The molecule has 0 saturated carbocycles. The van der Waals surface area contributed by atoms with E-state index in [1.165, 1.54) is 0 Å². The minimum absolute atomic E-state index is 0.146. The maximum Gasteiger partial charge on any atom is 0.332 e. The molecule has 1 aromatic rings. The highest BCUT2D eigenvalue weighted by Gasteiger charge is 2.53. The van der Waals surface area contributed by atoms with Crippen LogP contribution in [0.4, 0.5) is 4.79 Å². The van der Waals surface area contributed by atoms with Gasteiger partial charge in [-0.25, -0.2) is 9.69 Å². The number of barbiturate groups is 1. The zero-order valence-corrected chi connectivity index (χ0v) is 13.5. The number of benzene rings is 1. The maximum absolute atomic E-state index is 12.9. The number of hydrogen-bond acceptors (Lipinski definition) is 4. The van der Waals surface area contributed by atoms with Crippen LogP contribution in [0.15, 0.2) is 30.3 Å². The smallest absolute Gasteiger partial charge is 0.332 e. The van der Waals surface area contributed by atoms with Gasteiger partial charge in [-0.05, 0) is 18.4 Å². The van der Waals surface area contributed by atoms with Gasteiger partial charge >= 0.3 is 6.03 Å². The van der Waals surface area contributed by atoms with Crippen molar-refractivity contribution in [1.82, 2.24) is 10.2 Å². The fourth-order valence-electron chi connectivity index (χ4n) is 2.70. The van der Waals surface area contributed by atoms with E-state index in [0.717, 1.165) is 17.7 Å². The molecule has 1 aliphatic heterocycles. The number of imide groups is 2. The van der Waals surface area contributed by atoms with Crippen molar-refractivity contribution in [2.45, 2.75) is 38.5 Å². The Hall–Kier alpha value is -2.21. The summed E-state index contributed by atoms with van der Waals surface area (Å²) < 4.78 is 5.40. The minimum atomic E-state index is -1.39. The van der Waals surface area contributed by atoms with Crippen molar-refractivity contribution in [2.75, 3.05) is 13.3 Å². The van der Waals surface area contributed by atoms with Crippen LogP contribution in [0.2, 0.25) is 0 Å². The van der Waals surface area contributed by atoms with Gasteiger partial charge in [-0.2, -0.15) is 0 Å². The highest BCUT2D eigenvalue weighted by molar-refractivity contribution is 6.22. The summed E-state index contributed by atoms with van der Waals surface area (Å²) in [5.74, 6) is -1.11. The Bertz CT molecular complexity index is 588. The van der Waals surface area contributed by atoms with Crippen molar-refractivity contribution in [2.24, 2.45) is 0 Å². The van der Waals surface area contributed by atoms with Gasteiger partial charge in [-0.1, -0.05) is 50.6 Å². The molecular weight excluding hydrogens is 296 g/mol. The van der Waals surface area contributed by atoms with Crippen LogP contribution in [0.3, 0.4) is 0 Å². The minimum Gasteiger partial charge on any atom is -0.360 e. The topological polar surface area (TPSA) is 75.7 Å². The molecule has 124 valence electrons. The van der Waals surface area contributed by atoms with Gasteiger partial charge in [0, 0.05) is 6.61 Å². The second-order valence-corrected chi connectivity index (χ2v) is 5.51. The Morgan fingerprint density at radius 2 is 1.83 bits per heavy atom. The van der Waals surface area contributed by atoms with Gasteiger partial charge in [0.05, 0.1) is 0 Å². The summed E-state index contributed by atoms with van der Waals surface area (Å²) in [5, 5.41) is 2.29. The quantitative estimate of drug-likeness (QED) is 0.617. The van der Waals surface area contributed by atoms with E-state index in [1.807, 2.05) is 13.0 Å². The lowest BCUT2D eigenvalue weighted by Gasteiger charge is -2.38. The summed E-state index contributed by atoms with van der Waals surface area (Å²) in [5.41, 5.74) is -0.806. The van der Waals surface area contributed by atoms with Crippen LogP contribution in [-0.4, -0.2) is 36.1 Å². The van der Waals surface area contributed by atoms with Crippen LogP contribution < -0.4 is 5.32 Å². The summed E-state index contributed by atoms with van der Waals surface area (Å²) in [6, 6.07) is 8.09. The van der Waals surface area contributed by atoms with Gasteiger partial charge in [0.25, 0.3) is 5.91 Å². The Labute approximate surface area is 135 Å². The highest BCUT2D eigenvalue weighted by atomic mass is 16.5. The molecule has 1 aliphatic rings. The summed E-state index contributed by atoms with van der Waals surface area (Å²) in [7, 11) is 0. The SMILES string of the molecule is CCCCOCN1C(=O)NC(=O)C(CC)(c2ccccc2)C1=O. The number of ether oxygens (including phenoxy) is 1. The molecule has 1 saturated heterocycles. The fourth-order valence-corrected chi connectivity index (χ4v) is 2.70. The number of carbonyl (C=O) groups is 3. The predicted molar refractivity (Wildman–Crippen MR) is 84.5 cm³/mol. The number of carbonyl (C=O) groups excluding carboxylic acids is 3. The third-order valence-electron chi connectivity index (χ3n) is 4.12. The van der Waals surface area contributed by atoms with E-state index in [2.05, 4.69) is 5.32 Å². The first-order valence-electron chi connectivity index (χ1n) is 7.88. The molecule has 0 bridgehead atoms. The van der Waals surface area contributed by atoms with E-state index in [0.29, 0.717) is 12.2 Å². The van der Waals surface area contributed by atoms with Crippen molar-refractivity contribution in [3.8, 4) is 0 Å². The average molecular weight is 318 g/mol. The van der Waals surface area contributed by atoms with Crippen molar-refractivity contribution in [3.05, 3.63) is 35.9 Å². The van der Waals surface area contributed by atoms with Crippen molar-refractivity contribution in [1.29, 1.82) is 0 Å². The number of nitrogens with one attached hydrogen (secondary N) is 1. The molecule has 6 nitrogen and oxygen atoms in total. The summed E-state index contributed by atoms with van der Waals surface area (Å²) in [6.45, 7) is 4.10. The first kappa shape index (κ1) is 17.1. The Morgan fingerprint density at radius 1 is 1.13 bits per heavy atom. The molecule has 0 spiro atoms. The largest absolute Gasteiger partial charge is 0.360 e. The fraction of sp³-hybridized carbons (Fsp3) is 0.471. The normalized spacial score (nSPS) is 21.5. The Kier molecular flexibility index (Phi) is 5.50. The zero-order chi connectivity index (χ0) is 16.9. The number of rotatable bonds is 7. The molecular formula is C17H22N2O4. The lowest BCUT2D eigenvalue weighted by atomic mass is 9.75. The number of amides is 4. The summed E-state index contributed by atoms with van der Waals surface area (Å²) in [6.07, 6.45) is 2.07. The molecule has 6 heteroatoms. The van der Waals surface area contributed by atoms with Crippen LogP contribution in [0.1, 0.15) is 38.7 Å². The second-order valence-electron chi connectivity index (χ2n) is 5.51. The van der Waals surface area contributed by atoms with Gasteiger partial charge in [-0.3, -0.25) is 14.9 Å². The molecule has 1 unspecified atom stereocenters. The Balaban J connectivity index is 2.29. The van der Waals surface area contributed by atoms with Gasteiger partial charge in [0.15, 0.2) is 5.41 Å². The molecule has 1 heterocycles. The van der Waals surface area contributed by atoms with Gasteiger partial charge in [-0.15, -0.1) is 0 Å². The van der Waals surface area contributed by atoms with Crippen molar-refractivity contribution < 1.29 is 19.1 Å². The van der Waals surface area contributed by atoms with E-state index < -0.39 is 23.3 Å². The van der Waals surface area contributed by atoms with E-state index in [9.17, 15) is 14.4 Å². The van der Waals surface area contributed by atoms with Crippen LogP contribution in [0.25, 0.3) is 0 Å². The van der Waals surface area contributed by atoms with E-state index in [4.69, 9.17) is 4.74 Å². The molecule has 1 aromatic carbocycles. The molecule has 0 aliphatic carbocycles. The van der Waals surface area contributed by atoms with Crippen LogP contribution >= 0.6 is 0 Å². The van der Waals surface area contributed by atoms with Crippen molar-refractivity contribution >= 4 is 17.8 Å². The number of unbranched alkanes of at least 4 members (excludes halogenated alkanes) is 1. The number of hydrogen-bond donors (Lipinski definition) is 1. The monoisotopic (exact) mass is 318 g/mol. The average Bonchev–Trinajstić information content (AvgIpc) is 2.56. The first-order chi connectivity index (χ1) is 11.1. The van der Waals surface area contributed by atoms with Gasteiger partial charge in [0.2, 0.25) is 5.91 Å². The third-order valence-corrected chi connectivity index (χ3v) is 4.12. The molecule has 1 N–H and O–H groups in total. The zero-order valence-electron chi connectivity index (χ0n) is 13.5. The Morgan fingerprint density at radius 3 is 2.43 bits per heavy atom. The van der Waals surface area contributed by atoms with E-state index >= 15 is 0 Å². The standard InChI is InChI=1S/C17H22N2O4/c1-3-5-11-23-12-19-15(21)17(4-2,14(20)18-16(19)22)13-9-7-6-8-10-13/h6-10H,3-5,11-12H2,1-2H3,(H,18,20,22). The van der Waals surface area contributed by atoms with Gasteiger partial charge < -0.3 is 4.74 Å². The van der Waals surface area contributed by atoms with Crippen LogP contribution in [0.5, 0.6) is 0 Å². The van der Waals surface area contributed by atoms with Crippen LogP contribution in [-0.2, 0) is 19.7 Å². The summed E-state index contributed by atoms with van der Waals surface area (Å²) in [4.78, 5) is 38.4. The lowest BCUT2D eigenvalue weighted by molar-refractivity contribution is -0.149. The molecule has 23 heavy (non-hydrogen) atoms. The molecule has 0 aromatic heterocycles. The number of nitrogens with zero attached hydrogens (tertiary/aromatic N) is 1. The lowest BCUT2D eigenvalue weighted by Crippen LogP contribution is -2.66. The second kappa shape index (κ2) is 7.37. The predicted octanol–water partition coefficient (Wildman–Crippen LogP) is 2.19. The number of urea groups is 1. The molecule has 1 fully saturated rings. The van der Waals surface area contributed by atoms with Gasteiger partial charge in [0.1, 0.15) is 6.73 Å². The summed E-state index contributed by atoms with van der Waals surface area (Å²) >= 11 is 0. The molecule has 1 atom stereocenters. The van der Waals surface area contributed by atoms with E-state index in [1.54, 1.807) is 31.2 Å². The maximum atomic E-state index is 12.9. The van der Waals surface area contributed by atoms with E-state index in [-0.39, 0.29) is 13.2 Å². The molecule has 2 rings (SSSR count). The molecule has 4 amide bonds. The van der Waals surface area contributed by atoms with Crippen molar-refractivity contribution in [3.63, 3.8) is 0 Å². The third kappa shape index (κ3) is 3.12. The van der Waals surface area contributed by atoms with Crippen LogP contribution in [0, 0.1) is 0 Å². The molecule has 0 radical (unpaired) electrons. The highest BCUT2D eigenvalue weighted by Crippen LogP contribution is 2.33.